The van der Waals surface area contributed by atoms with Crippen LogP contribution in [0.4, 0.5) is 0 Å². The zero-order chi connectivity index (χ0) is 14.9. The van der Waals surface area contributed by atoms with Crippen molar-refractivity contribution in [3.63, 3.8) is 0 Å². The van der Waals surface area contributed by atoms with E-state index in [1.807, 2.05) is 10.8 Å². The summed E-state index contributed by atoms with van der Waals surface area (Å²) in [5.41, 5.74) is 1.33. The first-order valence-corrected chi connectivity index (χ1v) is 7.75. The number of nitrogens with zero attached hydrogens (tertiary/aromatic N) is 2. The lowest BCUT2D eigenvalue weighted by atomic mass is 10.0. The van der Waals surface area contributed by atoms with Gasteiger partial charge in [-0.2, -0.15) is 0 Å². The molecule has 0 fully saturated rings. The quantitative estimate of drug-likeness (QED) is 0.768. The van der Waals surface area contributed by atoms with Crippen LogP contribution in [-0.4, -0.2) is 22.7 Å². The molecule has 114 valence electrons. The van der Waals surface area contributed by atoms with Crippen LogP contribution in [0.15, 0.2) is 43.0 Å². The molecule has 21 heavy (non-hydrogen) atoms. The van der Waals surface area contributed by atoms with Gasteiger partial charge in [-0.05, 0) is 37.1 Å². The second-order valence-electron chi connectivity index (χ2n) is 5.13. The van der Waals surface area contributed by atoms with E-state index in [4.69, 9.17) is 4.74 Å². The molecule has 0 saturated heterocycles. The lowest BCUT2D eigenvalue weighted by molar-refractivity contribution is 0.298. The van der Waals surface area contributed by atoms with Gasteiger partial charge in [-0.3, -0.25) is 0 Å². The van der Waals surface area contributed by atoms with E-state index in [1.165, 1.54) is 5.56 Å². The molecule has 1 unspecified atom stereocenters. The molecule has 1 aromatic carbocycles. The minimum absolute atomic E-state index is 0.435. The van der Waals surface area contributed by atoms with E-state index in [0.29, 0.717) is 12.6 Å². The third-order valence-corrected chi connectivity index (χ3v) is 3.51. The van der Waals surface area contributed by atoms with Gasteiger partial charge in [-0.15, -0.1) is 0 Å². The molecule has 4 heteroatoms. The highest BCUT2D eigenvalue weighted by Crippen LogP contribution is 2.20. The Morgan fingerprint density at radius 2 is 2.05 bits per heavy atom. The Morgan fingerprint density at radius 3 is 2.67 bits per heavy atom. The molecule has 2 aromatic rings. The summed E-state index contributed by atoms with van der Waals surface area (Å²) in [6, 6.07) is 8.86. The minimum Gasteiger partial charge on any atom is -0.492 e. The Bertz CT molecular complexity index is 493. The first kappa shape index (κ1) is 15.6. The van der Waals surface area contributed by atoms with Crippen LogP contribution in [0.5, 0.6) is 5.75 Å². The third-order valence-electron chi connectivity index (χ3n) is 3.51. The molecule has 0 radical (unpaired) electrons. The van der Waals surface area contributed by atoms with E-state index in [-0.39, 0.29) is 0 Å². The fourth-order valence-electron chi connectivity index (χ4n) is 2.30. The van der Waals surface area contributed by atoms with E-state index >= 15 is 0 Å². The molecule has 1 aromatic heterocycles. The van der Waals surface area contributed by atoms with Crippen LogP contribution in [-0.2, 0) is 6.54 Å². The van der Waals surface area contributed by atoms with Gasteiger partial charge in [0.25, 0.3) is 0 Å². The smallest absolute Gasteiger partial charge is 0.119 e. The largest absolute Gasteiger partial charge is 0.492 e. The first-order chi connectivity index (χ1) is 10.3. The van der Waals surface area contributed by atoms with Gasteiger partial charge < -0.3 is 14.6 Å². The van der Waals surface area contributed by atoms with Crippen LogP contribution in [0, 0.1) is 0 Å². The summed E-state index contributed by atoms with van der Waals surface area (Å²) >= 11 is 0. The van der Waals surface area contributed by atoms with Crippen molar-refractivity contribution in [2.75, 3.05) is 13.2 Å². The highest BCUT2D eigenvalue weighted by molar-refractivity contribution is 5.29. The number of ether oxygens (including phenoxy) is 1. The molecular formula is C17H25N3O. The number of hydrogen-bond acceptors (Lipinski definition) is 3. The fraction of sp³-hybridized carbons (Fsp3) is 0.471. The van der Waals surface area contributed by atoms with Gasteiger partial charge in [0.05, 0.1) is 12.9 Å². The summed E-state index contributed by atoms with van der Waals surface area (Å²) in [4.78, 5) is 4.01. The maximum Gasteiger partial charge on any atom is 0.119 e. The zero-order valence-corrected chi connectivity index (χ0v) is 13.0. The Morgan fingerprint density at radius 1 is 1.24 bits per heavy atom. The van der Waals surface area contributed by atoms with Crippen molar-refractivity contribution < 1.29 is 4.74 Å². The standard InChI is InChI=1S/C17H25N3O/c1-3-9-19-17(4-2)15-5-7-16(8-6-15)21-13-12-20-11-10-18-14-20/h5-8,10-11,14,17,19H,3-4,9,12-13H2,1-2H3. The van der Waals surface area contributed by atoms with Crippen molar-refractivity contribution in [3.8, 4) is 5.75 Å². The number of aromatic nitrogens is 2. The van der Waals surface area contributed by atoms with Crippen LogP contribution in [0.25, 0.3) is 0 Å². The molecule has 0 aliphatic carbocycles. The number of hydrogen-bond donors (Lipinski definition) is 1. The molecule has 2 rings (SSSR count). The summed E-state index contributed by atoms with van der Waals surface area (Å²) in [6.07, 6.45) is 7.78. The number of rotatable bonds is 9. The Hall–Kier alpha value is -1.81. The molecule has 0 bridgehead atoms. The predicted octanol–water partition coefficient (Wildman–Crippen LogP) is 3.41. The molecule has 4 nitrogen and oxygen atoms in total. The SMILES string of the molecule is CCCNC(CC)c1ccc(OCCn2ccnc2)cc1. The summed E-state index contributed by atoms with van der Waals surface area (Å²) in [5, 5.41) is 3.57. The van der Waals surface area contributed by atoms with Crippen molar-refractivity contribution in [1.29, 1.82) is 0 Å². The lowest BCUT2D eigenvalue weighted by Gasteiger charge is -2.17. The van der Waals surface area contributed by atoms with E-state index in [2.05, 4.69) is 48.4 Å². The second-order valence-corrected chi connectivity index (χ2v) is 5.13. The van der Waals surface area contributed by atoms with Crippen LogP contribution in [0.2, 0.25) is 0 Å². The van der Waals surface area contributed by atoms with Crippen LogP contribution < -0.4 is 10.1 Å². The Kier molecular flexibility index (Phi) is 6.28. The van der Waals surface area contributed by atoms with Crippen molar-refractivity contribution >= 4 is 0 Å². The van der Waals surface area contributed by atoms with Gasteiger partial charge >= 0.3 is 0 Å². The van der Waals surface area contributed by atoms with Gasteiger partial charge in [0, 0.05) is 18.4 Å². The molecule has 0 aliphatic heterocycles. The van der Waals surface area contributed by atoms with E-state index in [1.54, 1.807) is 12.5 Å². The summed E-state index contributed by atoms with van der Waals surface area (Å²) < 4.78 is 7.77. The van der Waals surface area contributed by atoms with Gasteiger partial charge in [0.1, 0.15) is 12.4 Å². The summed E-state index contributed by atoms with van der Waals surface area (Å²) in [6.45, 7) is 6.93. The van der Waals surface area contributed by atoms with Crippen molar-refractivity contribution in [1.82, 2.24) is 14.9 Å². The van der Waals surface area contributed by atoms with E-state index < -0.39 is 0 Å². The Labute approximate surface area is 127 Å². The van der Waals surface area contributed by atoms with Crippen LogP contribution in [0.3, 0.4) is 0 Å². The Balaban J connectivity index is 1.83. The van der Waals surface area contributed by atoms with Gasteiger partial charge in [0.15, 0.2) is 0 Å². The van der Waals surface area contributed by atoms with Gasteiger partial charge in [-0.25, -0.2) is 4.98 Å². The summed E-state index contributed by atoms with van der Waals surface area (Å²) in [7, 11) is 0. The normalized spacial score (nSPS) is 12.3. The summed E-state index contributed by atoms with van der Waals surface area (Å²) in [5.74, 6) is 0.921. The molecule has 0 aliphatic rings. The van der Waals surface area contributed by atoms with Crippen molar-refractivity contribution in [2.24, 2.45) is 0 Å². The topological polar surface area (TPSA) is 39.1 Å². The number of benzene rings is 1. The minimum atomic E-state index is 0.435. The van der Waals surface area contributed by atoms with E-state index in [0.717, 1.165) is 31.7 Å². The highest BCUT2D eigenvalue weighted by atomic mass is 16.5. The van der Waals surface area contributed by atoms with Crippen LogP contribution in [0.1, 0.15) is 38.3 Å². The number of imidazole rings is 1. The maximum absolute atomic E-state index is 5.76. The van der Waals surface area contributed by atoms with Gasteiger partial charge in [0.2, 0.25) is 0 Å². The fourth-order valence-corrected chi connectivity index (χ4v) is 2.30. The molecule has 0 amide bonds. The van der Waals surface area contributed by atoms with Crippen molar-refractivity contribution in [2.45, 2.75) is 39.3 Å². The zero-order valence-electron chi connectivity index (χ0n) is 13.0. The molecule has 0 spiro atoms. The first-order valence-electron chi connectivity index (χ1n) is 7.75. The molecule has 1 atom stereocenters. The maximum atomic E-state index is 5.76. The molecule has 1 N–H and O–H groups in total. The molecule has 1 heterocycles. The average molecular weight is 287 g/mol. The van der Waals surface area contributed by atoms with Crippen molar-refractivity contribution in [3.05, 3.63) is 48.5 Å². The monoisotopic (exact) mass is 287 g/mol. The third kappa shape index (κ3) is 4.90. The predicted molar refractivity (Wildman–Crippen MR) is 85.5 cm³/mol. The van der Waals surface area contributed by atoms with E-state index in [9.17, 15) is 0 Å². The molecule has 0 saturated carbocycles. The van der Waals surface area contributed by atoms with Gasteiger partial charge in [-0.1, -0.05) is 26.0 Å². The van der Waals surface area contributed by atoms with Crippen LogP contribution >= 0.6 is 0 Å². The number of nitrogens with one attached hydrogen (secondary N) is 1. The molecular weight excluding hydrogens is 262 g/mol. The lowest BCUT2D eigenvalue weighted by Crippen LogP contribution is -2.21. The average Bonchev–Trinajstić information content (AvgIpc) is 3.03. The second kappa shape index (κ2) is 8.47. The highest BCUT2D eigenvalue weighted by Gasteiger charge is 2.07.